The van der Waals surface area contributed by atoms with Crippen molar-refractivity contribution in [2.45, 2.75) is 32.7 Å². The van der Waals surface area contributed by atoms with E-state index in [0.717, 1.165) is 0 Å². The summed E-state index contributed by atoms with van der Waals surface area (Å²) in [7, 11) is 0. The molecule has 0 aliphatic carbocycles. The van der Waals surface area contributed by atoms with Crippen LogP contribution in [0.2, 0.25) is 0 Å². The largest absolute Gasteiger partial charge is 0.480 e. The molecule has 0 rings (SSSR count). The molecule has 0 heterocycles. The van der Waals surface area contributed by atoms with Crippen LogP contribution in [0.1, 0.15) is 26.7 Å². The van der Waals surface area contributed by atoms with E-state index in [4.69, 9.17) is 16.1 Å². The fraction of sp³-hybridized carbons (Fsp3) is 0.750. The predicted octanol–water partition coefficient (Wildman–Crippen LogP) is 0.728. The fourth-order valence-electron chi connectivity index (χ4n) is 0.696. The Labute approximate surface area is 72.0 Å². The number of hydrogen-bond acceptors (Lipinski definition) is 3. The standard InChI is InChI=1S/C8H14N2O2/c1-8(2,5-9)4-3-6(10)7(11)12/h6H,3-4,10H2,1-2H3,(H,11,12)/t6-/m0/s1. The van der Waals surface area contributed by atoms with Gasteiger partial charge in [-0.3, -0.25) is 4.79 Å². The zero-order valence-electron chi connectivity index (χ0n) is 7.37. The van der Waals surface area contributed by atoms with Gasteiger partial charge in [0.25, 0.3) is 0 Å². The summed E-state index contributed by atoms with van der Waals surface area (Å²) in [6.07, 6.45) is 0.854. The molecule has 0 unspecified atom stereocenters. The van der Waals surface area contributed by atoms with Gasteiger partial charge in [0, 0.05) is 0 Å². The van der Waals surface area contributed by atoms with Crippen molar-refractivity contribution in [1.82, 2.24) is 0 Å². The second kappa shape index (κ2) is 4.07. The average Bonchev–Trinajstić information content (AvgIpc) is 2.00. The van der Waals surface area contributed by atoms with Crippen LogP contribution >= 0.6 is 0 Å². The van der Waals surface area contributed by atoms with Crippen molar-refractivity contribution in [3.05, 3.63) is 0 Å². The molecule has 4 nitrogen and oxygen atoms in total. The predicted molar refractivity (Wildman–Crippen MR) is 44.2 cm³/mol. The normalized spacial score (nSPS) is 13.5. The van der Waals surface area contributed by atoms with Crippen LogP contribution < -0.4 is 5.73 Å². The highest BCUT2D eigenvalue weighted by atomic mass is 16.4. The van der Waals surface area contributed by atoms with Gasteiger partial charge in [-0.15, -0.1) is 0 Å². The molecular weight excluding hydrogens is 156 g/mol. The van der Waals surface area contributed by atoms with E-state index in [9.17, 15) is 4.79 Å². The number of carboxylic acid groups (broad SMARTS) is 1. The number of nitrogens with zero attached hydrogens (tertiary/aromatic N) is 1. The summed E-state index contributed by atoms with van der Waals surface area (Å²) in [4.78, 5) is 10.3. The van der Waals surface area contributed by atoms with E-state index < -0.39 is 17.4 Å². The number of carboxylic acids is 1. The second-order valence-corrected chi connectivity index (χ2v) is 3.48. The van der Waals surface area contributed by atoms with Crippen molar-refractivity contribution in [3.63, 3.8) is 0 Å². The van der Waals surface area contributed by atoms with Gasteiger partial charge >= 0.3 is 5.97 Å². The molecule has 0 aromatic rings. The molecule has 0 aliphatic heterocycles. The molecule has 68 valence electrons. The van der Waals surface area contributed by atoms with Gasteiger partial charge in [-0.05, 0) is 26.7 Å². The lowest BCUT2D eigenvalue weighted by molar-refractivity contribution is -0.138. The Morgan fingerprint density at radius 1 is 1.75 bits per heavy atom. The first-order valence-electron chi connectivity index (χ1n) is 3.79. The molecule has 0 amide bonds. The molecule has 3 N–H and O–H groups in total. The highest BCUT2D eigenvalue weighted by Gasteiger charge is 2.20. The molecule has 4 heteroatoms. The topological polar surface area (TPSA) is 87.1 Å². The third-order valence-electron chi connectivity index (χ3n) is 1.70. The molecule has 0 aromatic heterocycles. The van der Waals surface area contributed by atoms with Crippen LogP contribution in [0.5, 0.6) is 0 Å². The summed E-state index contributed by atoms with van der Waals surface area (Å²) in [5, 5.41) is 17.1. The van der Waals surface area contributed by atoms with E-state index in [1.807, 2.05) is 0 Å². The van der Waals surface area contributed by atoms with Crippen LogP contribution in [-0.2, 0) is 4.79 Å². The van der Waals surface area contributed by atoms with E-state index in [0.29, 0.717) is 12.8 Å². The Morgan fingerprint density at radius 3 is 2.58 bits per heavy atom. The van der Waals surface area contributed by atoms with Gasteiger partial charge in [0.15, 0.2) is 0 Å². The van der Waals surface area contributed by atoms with Crippen LogP contribution in [0.3, 0.4) is 0 Å². The SMILES string of the molecule is CC(C)(C#N)CC[C@H](N)C(=O)O. The molecule has 0 saturated carbocycles. The highest BCUT2D eigenvalue weighted by molar-refractivity contribution is 5.72. The Bertz CT molecular complexity index is 206. The van der Waals surface area contributed by atoms with Gasteiger partial charge in [0.05, 0.1) is 11.5 Å². The van der Waals surface area contributed by atoms with Crippen molar-refractivity contribution in [2.24, 2.45) is 11.1 Å². The zero-order valence-corrected chi connectivity index (χ0v) is 7.37. The summed E-state index contributed by atoms with van der Waals surface area (Å²) in [5.74, 6) is -1.01. The van der Waals surface area contributed by atoms with Crippen LogP contribution in [-0.4, -0.2) is 17.1 Å². The van der Waals surface area contributed by atoms with Gasteiger partial charge in [-0.25, -0.2) is 0 Å². The third kappa shape index (κ3) is 3.94. The Balaban J connectivity index is 3.85. The number of hydrogen-bond donors (Lipinski definition) is 2. The summed E-state index contributed by atoms with van der Waals surface area (Å²) in [5.41, 5.74) is 4.79. The van der Waals surface area contributed by atoms with E-state index >= 15 is 0 Å². The molecule has 0 aromatic carbocycles. The van der Waals surface area contributed by atoms with Gasteiger partial charge < -0.3 is 10.8 Å². The van der Waals surface area contributed by atoms with Crippen molar-refractivity contribution in [2.75, 3.05) is 0 Å². The van der Waals surface area contributed by atoms with Crippen LogP contribution in [0.4, 0.5) is 0 Å². The lowest BCUT2D eigenvalue weighted by Crippen LogP contribution is -2.31. The van der Waals surface area contributed by atoms with Gasteiger partial charge in [0.2, 0.25) is 0 Å². The fourth-order valence-corrected chi connectivity index (χ4v) is 0.696. The lowest BCUT2D eigenvalue weighted by Gasteiger charge is -2.15. The number of aliphatic carboxylic acids is 1. The highest BCUT2D eigenvalue weighted by Crippen LogP contribution is 2.21. The number of rotatable bonds is 4. The maximum absolute atomic E-state index is 10.3. The van der Waals surface area contributed by atoms with Gasteiger partial charge in [0.1, 0.15) is 6.04 Å². The van der Waals surface area contributed by atoms with Gasteiger partial charge in [-0.2, -0.15) is 5.26 Å². The maximum Gasteiger partial charge on any atom is 0.320 e. The van der Waals surface area contributed by atoms with E-state index in [1.54, 1.807) is 13.8 Å². The molecule has 0 fully saturated rings. The minimum absolute atomic E-state index is 0.343. The molecule has 0 bridgehead atoms. The van der Waals surface area contributed by atoms with Crippen LogP contribution in [0.25, 0.3) is 0 Å². The average molecular weight is 170 g/mol. The first-order valence-corrected chi connectivity index (χ1v) is 3.79. The van der Waals surface area contributed by atoms with Crippen LogP contribution in [0.15, 0.2) is 0 Å². The first-order chi connectivity index (χ1) is 5.39. The Hall–Kier alpha value is -1.08. The van der Waals surface area contributed by atoms with E-state index in [-0.39, 0.29) is 0 Å². The molecule has 0 radical (unpaired) electrons. The van der Waals surface area contributed by atoms with Crippen LogP contribution in [0, 0.1) is 16.7 Å². The lowest BCUT2D eigenvalue weighted by atomic mass is 9.88. The maximum atomic E-state index is 10.3. The summed E-state index contributed by atoms with van der Waals surface area (Å²) in [6, 6.07) is 1.24. The summed E-state index contributed by atoms with van der Waals surface area (Å²) >= 11 is 0. The number of nitrogens with two attached hydrogens (primary N) is 1. The quantitative estimate of drug-likeness (QED) is 0.651. The molecular formula is C8H14N2O2. The van der Waals surface area contributed by atoms with Crippen molar-refractivity contribution in [1.29, 1.82) is 5.26 Å². The van der Waals surface area contributed by atoms with E-state index in [1.165, 1.54) is 0 Å². The first kappa shape index (κ1) is 10.9. The minimum atomic E-state index is -1.01. The van der Waals surface area contributed by atoms with Crippen molar-refractivity contribution in [3.8, 4) is 6.07 Å². The smallest absolute Gasteiger partial charge is 0.320 e. The Morgan fingerprint density at radius 2 is 2.25 bits per heavy atom. The summed E-state index contributed by atoms with van der Waals surface area (Å²) in [6.45, 7) is 3.53. The van der Waals surface area contributed by atoms with Gasteiger partial charge in [-0.1, -0.05) is 0 Å². The Kier molecular flexibility index (Phi) is 3.71. The number of carbonyl (C=O) groups is 1. The molecule has 0 saturated heterocycles. The third-order valence-corrected chi connectivity index (χ3v) is 1.70. The molecule has 12 heavy (non-hydrogen) atoms. The molecule has 1 atom stereocenters. The molecule has 0 spiro atoms. The van der Waals surface area contributed by atoms with Crippen molar-refractivity contribution >= 4 is 5.97 Å². The molecule has 0 aliphatic rings. The second-order valence-electron chi connectivity index (χ2n) is 3.48. The minimum Gasteiger partial charge on any atom is -0.480 e. The summed E-state index contributed by atoms with van der Waals surface area (Å²) < 4.78 is 0. The van der Waals surface area contributed by atoms with Crippen molar-refractivity contribution < 1.29 is 9.90 Å². The monoisotopic (exact) mass is 170 g/mol. The zero-order chi connectivity index (χ0) is 9.78. The van der Waals surface area contributed by atoms with E-state index in [2.05, 4.69) is 6.07 Å². The number of nitriles is 1.